The van der Waals surface area contributed by atoms with Crippen LogP contribution in [-0.4, -0.2) is 33.1 Å². The second-order valence-corrected chi connectivity index (χ2v) is 9.13. The number of ether oxygens (including phenoxy) is 2. The van der Waals surface area contributed by atoms with Crippen LogP contribution < -0.4 is 14.8 Å². The first kappa shape index (κ1) is 22.3. The van der Waals surface area contributed by atoms with Crippen LogP contribution in [0.4, 0.5) is 10.1 Å². The summed E-state index contributed by atoms with van der Waals surface area (Å²) >= 11 is 0. The lowest BCUT2D eigenvalue weighted by molar-refractivity contribution is -0.116. The Labute approximate surface area is 190 Å². The molecular formula is C24H21FN2O5S. The van der Waals surface area contributed by atoms with Crippen LogP contribution in [0, 0.1) is 5.82 Å². The van der Waals surface area contributed by atoms with E-state index in [1.54, 1.807) is 47.0 Å². The van der Waals surface area contributed by atoms with Gasteiger partial charge in [-0.2, -0.15) is 0 Å². The molecule has 1 N–H and O–H groups in total. The van der Waals surface area contributed by atoms with Gasteiger partial charge in [0.15, 0.2) is 11.5 Å². The van der Waals surface area contributed by atoms with Crippen molar-refractivity contribution < 1.29 is 27.1 Å². The van der Waals surface area contributed by atoms with Crippen LogP contribution in [0.3, 0.4) is 0 Å². The van der Waals surface area contributed by atoms with E-state index >= 15 is 0 Å². The molecule has 1 amide bonds. The summed E-state index contributed by atoms with van der Waals surface area (Å²) in [5.41, 5.74) is 1.09. The third-order valence-electron chi connectivity index (χ3n) is 5.15. The quantitative estimate of drug-likeness (QED) is 0.410. The molecule has 4 aromatic rings. The fourth-order valence-corrected chi connectivity index (χ4v) is 5.04. The molecule has 1 aromatic heterocycles. The van der Waals surface area contributed by atoms with E-state index in [1.165, 1.54) is 32.5 Å². The maximum atomic E-state index is 13.3. The smallest absolute Gasteiger partial charge is 0.244 e. The highest BCUT2D eigenvalue weighted by atomic mass is 32.2. The molecule has 33 heavy (non-hydrogen) atoms. The van der Waals surface area contributed by atoms with Crippen molar-refractivity contribution in [3.8, 4) is 11.5 Å². The van der Waals surface area contributed by atoms with E-state index in [0.29, 0.717) is 28.1 Å². The van der Waals surface area contributed by atoms with Gasteiger partial charge in [0.25, 0.3) is 0 Å². The Balaban J connectivity index is 1.65. The minimum Gasteiger partial charge on any atom is -0.493 e. The maximum absolute atomic E-state index is 13.3. The fourth-order valence-electron chi connectivity index (χ4n) is 3.57. The number of hydrogen-bond acceptors (Lipinski definition) is 5. The molecule has 0 radical (unpaired) electrons. The standard InChI is InChI=1S/C24H21FN2O5S/c1-31-21-12-9-17(13-22(21)32-2)26-24(28)15-27-14-23(19-5-3-4-6-20(19)27)33(29,30)18-10-7-16(25)8-11-18/h3-14H,15H2,1-2H3,(H,26,28). The van der Waals surface area contributed by atoms with Gasteiger partial charge >= 0.3 is 0 Å². The maximum Gasteiger partial charge on any atom is 0.244 e. The molecule has 0 aliphatic heterocycles. The molecule has 9 heteroatoms. The van der Waals surface area contributed by atoms with Gasteiger partial charge in [0, 0.05) is 28.9 Å². The van der Waals surface area contributed by atoms with E-state index in [2.05, 4.69) is 5.32 Å². The highest BCUT2D eigenvalue weighted by molar-refractivity contribution is 7.91. The summed E-state index contributed by atoms with van der Waals surface area (Å²) in [6.45, 7) is -0.117. The van der Waals surface area contributed by atoms with Crippen LogP contribution in [0.5, 0.6) is 11.5 Å². The number of halogens is 1. The fraction of sp³-hybridized carbons (Fsp3) is 0.125. The first-order chi connectivity index (χ1) is 15.8. The molecule has 0 atom stereocenters. The van der Waals surface area contributed by atoms with Crippen LogP contribution in [-0.2, 0) is 21.2 Å². The van der Waals surface area contributed by atoms with E-state index in [1.807, 2.05) is 0 Å². The van der Waals surface area contributed by atoms with E-state index in [4.69, 9.17) is 9.47 Å². The van der Waals surface area contributed by atoms with Crippen LogP contribution >= 0.6 is 0 Å². The number of nitrogens with zero attached hydrogens (tertiary/aromatic N) is 1. The van der Waals surface area contributed by atoms with Crippen LogP contribution in [0.1, 0.15) is 0 Å². The number of anilines is 1. The van der Waals surface area contributed by atoms with Crippen molar-refractivity contribution in [3.05, 3.63) is 78.7 Å². The topological polar surface area (TPSA) is 86.6 Å². The summed E-state index contributed by atoms with van der Waals surface area (Å²) in [6, 6.07) is 16.5. The van der Waals surface area contributed by atoms with Crippen molar-refractivity contribution in [2.24, 2.45) is 0 Å². The molecule has 0 spiro atoms. The number of methoxy groups -OCH3 is 2. The summed E-state index contributed by atoms with van der Waals surface area (Å²) in [5.74, 6) is 0.119. The third kappa shape index (κ3) is 4.40. The second-order valence-electron chi connectivity index (χ2n) is 7.21. The van der Waals surface area contributed by atoms with Gasteiger partial charge in [-0.25, -0.2) is 12.8 Å². The van der Waals surface area contributed by atoms with E-state index in [9.17, 15) is 17.6 Å². The average molecular weight is 469 g/mol. The molecule has 170 valence electrons. The third-order valence-corrected chi connectivity index (χ3v) is 6.94. The number of hydrogen-bond donors (Lipinski definition) is 1. The molecule has 0 aliphatic carbocycles. The Bertz CT molecular complexity index is 1430. The number of nitrogens with one attached hydrogen (secondary N) is 1. The highest BCUT2D eigenvalue weighted by Crippen LogP contribution is 2.31. The molecule has 0 aliphatic rings. The lowest BCUT2D eigenvalue weighted by atomic mass is 10.2. The van der Waals surface area contributed by atoms with E-state index in [-0.39, 0.29) is 22.2 Å². The summed E-state index contributed by atoms with van der Waals surface area (Å²) in [7, 11) is -0.905. The van der Waals surface area contributed by atoms with Gasteiger partial charge < -0.3 is 19.4 Å². The van der Waals surface area contributed by atoms with Gasteiger partial charge in [0.05, 0.1) is 24.0 Å². The normalized spacial score (nSPS) is 11.4. The molecule has 3 aromatic carbocycles. The Kier molecular flexibility index (Phi) is 6.06. The predicted molar refractivity (Wildman–Crippen MR) is 122 cm³/mol. The highest BCUT2D eigenvalue weighted by Gasteiger charge is 2.24. The largest absolute Gasteiger partial charge is 0.493 e. The van der Waals surface area contributed by atoms with Crippen molar-refractivity contribution >= 4 is 32.3 Å². The van der Waals surface area contributed by atoms with Gasteiger partial charge in [-0.3, -0.25) is 4.79 Å². The predicted octanol–water partition coefficient (Wildman–Crippen LogP) is 4.27. The SMILES string of the molecule is COc1ccc(NC(=O)Cn2cc(S(=O)(=O)c3ccc(F)cc3)c3ccccc32)cc1OC. The van der Waals surface area contributed by atoms with Crippen molar-refractivity contribution in [3.63, 3.8) is 0 Å². The first-order valence-corrected chi connectivity index (χ1v) is 11.4. The number of benzene rings is 3. The van der Waals surface area contributed by atoms with Crippen LogP contribution in [0.2, 0.25) is 0 Å². The van der Waals surface area contributed by atoms with Crippen LogP contribution in [0.15, 0.2) is 82.7 Å². The Hall–Kier alpha value is -3.85. The lowest BCUT2D eigenvalue weighted by Gasteiger charge is -2.11. The van der Waals surface area contributed by atoms with Gasteiger partial charge in [0.2, 0.25) is 15.7 Å². The van der Waals surface area contributed by atoms with Crippen molar-refractivity contribution in [1.29, 1.82) is 0 Å². The number of para-hydroxylation sites is 1. The van der Waals surface area contributed by atoms with Gasteiger partial charge in [-0.1, -0.05) is 18.2 Å². The van der Waals surface area contributed by atoms with E-state index in [0.717, 1.165) is 12.1 Å². The molecule has 7 nitrogen and oxygen atoms in total. The minimum atomic E-state index is -3.92. The number of carbonyl (C=O) groups excluding carboxylic acids is 1. The average Bonchev–Trinajstić information content (AvgIpc) is 3.18. The number of sulfone groups is 1. The summed E-state index contributed by atoms with van der Waals surface area (Å²) in [6.07, 6.45) is 1.43. The molecule has 1 heterocycles. The lowest BCUT2D eigenvalue weighted by Crippen LogP contribution is -2.18. The molecular weight excluding hydrogens is 447 g/mol. The second kappa shape index (κ2) is 8.95. The molecule has 0 fully saturated rings. The number of amides is 1. The van der Waals surface area contributed by atoms with Gasteiger partial charge in [-0.15, -0.1) is 0 Å². The Morgan fingerprint density at radius 1 is 0.970 bits per heavy atom. The van der Waals surface area contributed by atoms with Crippen molar-refractivity contribution in [2.45, 2.75) is 16.3 Å². The first-order valence-electron chi connectivity index (χ1n) is 9.94. The van der Waals surface area contributed by atoms with Crippen molar-refractivity contribution in [2.75, 3.05) is 19.5 Å². The molecule has 0 saturated heterocycles. The minimum absolute atomic E-state index is 0.0263. The Morgan fingerprint density at radius 3 is 2.36 bits per heavy atom. The number of carbonyl (C=O) groups is 1. The zero-order chi connectivity index (χ0) is 23.6. The number of rotatable bonds is 7. The van der Waals surface area contributed by atoms with Gasteiger partial charge in [-0.05, 0) is 42.5 Å². The summed E-state index contributed by atoms with van der Waals surface area (Å²) in [4.78, 5) is 12.8. The number of fused-ring (bicyclic) bond motifs is 1. The summed E-state index contributed by atoms with van der Waals surface area (Å²) < 4.78 is 51.7. The molecule has 0 bridgehead atoms. The van der Waals surface area contributed by atoms with Crippen LogP contribution in [0.25, 0.3) is 10.9 Å². The zero-order valence-electron chi connectivity index (χ0n) is 17.9. The zero-order valence-corrected chi connectivity index (χ0v) is 18.7. The summed E-state index contributed by atoms with van der Waals surface area (Å²) in [5, 5.41) is 3.25. The molecule has 0 unspecified atom stereocenters. The monoisotopic (exact) mass is 468 g/mol. The Morgan fingerprint density at radius 2 is 1.67 bits per heavy atom. The van der Waals surface area contributed by atoms with Crippen molar-refractivity contribution in [1.82, 2.24) is 4.57 Å². The number of aromatic nitrogens is 1. The van der Waals surface area contributed by atoms with E-state index < -0.39 is 15.7 Å². The molecule has 0 saturated carbocycles. The molecule has 4 rings (SSSR count). The van der Waals surface area contributed by atoms with Gasteiger partial charge in [0.1, 0.15) is 12.4 Å².